The van der Waals surface area contributed by atoms with Crippen molar-refractivity contribution in [2.45, 2.75) is 19.4 Å². The van der Waals surface area contributed by atoms with E-state index in [9.17, 15) is 0 Å². The van der Waals surface area contributed by atoms with E-state index in [-0.39, 0.29) is 12.5 Å². The summed E-state index contributed by atoms with van der Waals surface area (Å²) < 4.78 is 1.99. The van der Waals surface area contributed by atoms with Crippen LogP contribution in [-0.4, -0.2) is 27.8 Å². The van der Waals surface area contributed by atoms with Crippen LogP contribution < -0.4 is 5.73 Å². The summed E-state index contributed by atoms with van der Waals surface area (Å²) in [5.41, 5.74) is 5.48. The lowest BCUT2D eigenvalue weighted by molar-refractivity contribution is 0.260. The first-order valence-corrected chi connectivity index (χ1v) is 4.15. The fourth-order valence-corrected chi connectivity index (χ4v) is 1.21. The van der Waals surface area contributed by atoms with E-state index in [1.54, 1.807) is 6.20 Å². The molecular formula is C8H15N3O. The van der Waals surface area contributed by atoms with Crippen molar-refractivity contribution in [2.24, 2.45) is 5.73 Å². The normalized spacial score (nSPS) is 13.2. The highest BCUT2D eigenvalue weighted by molar-refractivity contribution is 5.00. The van der Waals surface area contributed by atoms with Crippen LogP contribution in [0.3, 0.4) is 0 Å². The van der Waals surface area contributed by atoms with Crippen LogP contribution in [-0.2, 0) is 6.54 Å². The summed E-state index contributed by atoms with van der Waals surface area (Å²) in [5.74, 6) is 0.849. The van der Waals surface area contributed by atoms with Crippen molar-refractivity contribution >= 4 is 0 Å². The summed E-state index contributed by atoms with van der Waals surface area (Å²) in [6.07, 6.45) is 3.63. The van der Waals surface area contributed by atoms with Crippen LogP contribution in [0.15, 0.2) is 12.4 Å². The standard InChI is InChI=1S/C8H15N3O/c1-2-11-4-3-10-8(11)7(5-9)6-12/h3-4,7,12H,2,5-6,9H2,1H3. The summed E-state index contributed by atoms with van der Waals surface area (Å²) in [5, 5.41) is 8.98. The number of rotatable bonds is 4. The van der Waals surface area contributed by atoms with E-state index in [2.05, 4.69) is 4.98 Å². The Kier molecular flexibility index (Phi) is 3.25. The van der Waals surface area contributed by atoms with Crippen LogP contribution in [0.2, 0.25) is 0 Å². The highest BCUT2D eigenvalue weighted by Crippen LogP contribution is 2.10. The molecule has 1 rings (SSSR count). The van der Waals surface area contributed by atoms with Gasteiger partial charge in [0.25, 0.3) is 0 Å². The van der Waals surface area contributed by atoms with E-state index < -0.39 is 0 Å². The minimum atomic E-state index is -0.0278. The Balaban J connectivity index is 2.83. The Bertz CT molecular complexity index is 230. The first-order chi connectivity index (χ1) is 5.83. The molecule has 1 aromatic rings. The zero-order chi connectivity index (χ0) is 8.97. The number of aromatic nitrogens is 2. The number of aliphatic hydroxyl groups excluding tert-OH is 1. The fraction of sp³-hybridized carbons (Fsp3) is 0.625. The monoisotopic (exact) mass is 169 g/mol. The van der Waals surface area contributed by atoms with Gasteiger partial charge in [-0.3, -0.25) is 0 Å². The summed E-state index contributed by atoms with van der Waals surface area (Å²) in [6, 6.07) is 0. The van der Waals surface area contributed by atoms with Crippen molar-refractivity contribution in [3.8, 4) is 0 Å². The molecule has 0 fully saturated rings. The number of aryl methyl sites for hydroxylation is 1. The topological polar surface area (TPSA) is 64.1 Å². The van der Waals surface area contributed by atoms with Gasteiger partial charge in [-0.1, -0.05) is 0 Å². The molecule has 1 atom stereocenters. The summed E-state index contributed by atoms with van der Waals surface area (Å²) >= 11 is 0. The van der Waals surface area contributed by atoms with Gasteiger partial charge in [0.1, 0.15) is 5.82 Å². The van der Waals surface area contributed by atoms with E-state index >= 15 is 0 Å². The predicted octanol–water partition coefficient (Wildman–Crippen LogP) is -0.0624. The van der Waals surface area contributed by atoms with E-state index in [1.807, 2.05) is 17.7 Å². The molecule has 0 aliphatic heterocycles. The molecule has 0 bridgehead atoms. The highest BCUT2D eigenvalue weighted by Gasteiger charge is 2.12. The van der Waals surface area contributed by atoms with Gasteiger partial charge in [0.05, 0.1) is 12.5 Å². The third-order valence-corrected chi connectivity index (χ3v) is 1.96. The quantitative estimate of drug-likeness (QED) is 0.663. The van der Waals surface area contributed by atoms with Crippen molar-refractivity contribution in [1.82, 2.24) is 9.55 Å². The van der Waals surface area contributed by atoms with Crippen molar-refractivity contribution in [2.75, 3.05) is 13.2 Å². The Morgan fingerprint density at radius 1 is 1.75 bits per heavy atom. The molecule has 1 unspecified atom stereocenters. The smallest absolute Gasteiger partial charge is 0.115 e. The number of nitrogens with zero attached hydrogens (tertiary/aromatic N) is 2. The van der Waals surface area contributed by atoms with Gasteiger partial charge in [-0.15, -0.1) is 0 Å². The maximum absolute atomic E-state index is 8.98. The van der Waals surface area contributed by atoms with Gasteiger partial charge >= 0.3 is 0 Å². The number of hydrogen-bond donors (Lipinski definition) is 2. The lowest BCUT2D eigenvalue weighted by Crippen LogP contribution is -2.20. The Morgan fingerprint density at radius 2 is 2.50 bits per heavy atom. The van der Waals surface area contributed by atoms with E-state index in [4.69, 9.17) is 10.8 Å². The summed E-state index contributed by atoms with van der Waals surface area (Å²) in [6.45, 7) is 3.41. The zero-order valence-electron chi connectivity index (χ0n) is 7.27. The molecule has 12 heavy (non-hydrogen) atoms. The van der Waals surface area contributed by atoms with Gasteiger partial charge in [-0.25, -0.2) is 4.98 Å². The first kappa shape index (κ1) is 9.22. The maximum atomic E-state index is 8.98. The molecule has 4 heteroatoms. The van der Waals surface area contributed by atoms with Crippen LogP contribution in [0.25, 0.3) is 0 Å². The van der Waals surface area contributed by atoms with Crippen molar-refractivity contribution in [1.29, 1.82) is 0 Å². The van der Waals surface area contributed by atoms with Crippen LogP contribution in [0.1, 0.15) is 18.7 Å². The molecule has 0 aliphatic rings. The van der Waals surface area contributed by atoms with Crippen LogP contribution >= 0.6 is 0 Å². The molecule has 0 saturated heterocycles. The Morgan fingerprint density at radius 3 is 3.00 bits per heavy atom. The minimum Gasteiger partial charge on any atom is -0.396 e. The summed E-state index contributed by atoms with van der Waals surface area (Å²) in [4.78, 5) is 4.15. The van der Waals surface area contributed by atoms with Crippen molar-refractivity contribution in [3.63, 3.8) is 0 Å². The number of imidazole rings is 1. The van der Waals surface area contributed by atoms with Gasteiger partial charge < -0.3 is 15.4 Å². The molecule has 0 spiro atoms. The lowest BCUT2D eigenvalue weighted by atomic mass is 10.1. The van der Waals surface area contributed by atoms with E-state index in [1.165, 1.54) is 0 Å². The number of nitrogens with two attached hydrogens (primary N) is 1. The zero-order valence-corrected chi connectivity index (χ0v) is 7.27. The van der Waals surface area contributed by atoms with Crippen molar-refractivity contribution < 1.29 is 5.11 Å². The number of hydrogen-bond acceptors (Lipinski definition) is 3. The molecule has 1 aromatic heterocycles. The molecule has 0 saturated carbocycles. The second-order valence-electron chi connectivity index (χ2n) is 2.69. The molecule has 3 N–H and O–H groups in total. The minimum absolute atomic E-state index is 0.0278. The third kappa shape index (κ3) is 1.65. The number of aliphatic hydroxyl groups is 1. The molecule has 0 radical (unpaired) electrons. The molecule has 0 aliphatic carbocycles. The largest absolute Gasteiger partial charge is 0.396 e. The van der Waals surface area contributed by atoms with E-state index in [0.29, 0.717) is 6.54 Å². The van der Waals surface area contributed by atoms with Crippen LogP contribution in [0.5, 0.6) is 0 Å². The average Bonchev–Trinajstić information content (AvgIpc) is 2.55. The molecule has 68 valence electrons. The van der Waals surface area contributed by atoms with Gasteiger partial charge in [0, 0.05) is 25.5 Å². The maximum Gasteiger partial charge on any atom is 0.115 e. The third-order valence-electron chi connectivity index (χ3n) is 1.96. The molecule has 4 nitrogen and oxygen atoms in total. The molecule has 1 heterocycles. The van der Waals surface area contributed by atoms with Crippen LogP contribution in [0.4, 0.5) is 0 Å². The second kappa shape index (κ2) is 4.23. The summed E-state index contributed by atoms with van der Waals surface area (Å²) in [7, 11) is 0. The Labute approximate surface area is 72.0 Å². The van der Waals surface area contributed by atoms with Gasteiger partial charge in [0.15, 0.2) is 0 Å². The first-order valence-electron chi connectivity index (χ1n) is 4.15. The lowest BCUT2D eigenvalue weighted by Gasteiger charge is -2.12. The van der Waals surface area contributed by atoms with Gasteiger partial charge in [0.2, 0.25) is 0 Å². The van der Waals surface area contributed by atoms with Gasteiger partial charge in [-0.2, -0.15) is 0 Å². The second-order valence-corrected chi connectivity index (χ2v) is 2.69. The molecule has 0 aromatic carbocycles. The fourth-order valence-electron chi connectivity index (χ4n) is 1.21. The predicted molar refractivity (Wildman–Crippen MR) is 46.8 cm³/mol. The van der Waals surface area contributed by atoms with E-state index in [0.717, 1.165) is 12.4 Å². The molecular weight excluding hydrogens is 154 g/mol. The van der Waals surface area contributed by atoms with Gasteiger partial charge in [-0.05, 0) is 6.92 Å². The Hall–Kier alpha value is -0.870. The van der Waals surface area contributed by atoms with Crippen molar-refractivity contribution in [3.05, 3.63) is 18.2 Å². The van der Waals surface area contributed by atoms with Crippen LogP contribution in [0, 0.1) is 0 Å². The highest BCUT2D eigenvalue weighted by atomic mass is 16.3. The SMILES string of the molecule is CCn1ccnc1C(CN)CO. The molecule has 0 amide bonds. The average molecular weight is 169 g/mol.